The Morgan fingerprint density at radius 3 is 2.57 bits per heavy atom. The number of hydrogen-bond acceptors (Lipinski definition) is 5. The molecule has 1 unspecified atom stereocenters. The maximum Gasteiger partial charge on any atom is 0.328 e. The lowest BCUT2D eigenvalue weighted by molar-refractivity contribution is -0.146. The molecule has 4 rings (SSSR count). The van der Waals surface area contributed by atoms with E-state index in [1.165, 1.54) is 13.3 Å². The van der Waals surface area contributed by atoms with Crippen LogP contribution in [-0.4, -0.2) is 34.9 Å². The molecule has 0 spiro atoms. The summed E-state index contributed by atoms with van der Waals surface area (Å²) in [6, 6.07) is 17.8. The van der Waals surface area contributed by atoms with Crippen molar-refractivity contribution in [2.24, 2.45) is 0 Å². The van der Waals surface area contributed by atoms with Crippen molar-refractivity contribution in [2.45, 2.75) is 19.0 Å². The molecule has 0 saturated heterocycles. The predicted octanol–water partition coefficient (Wildman–Crippen LogP) is 4.38. The Labute approximate surface area is 182 Å². The zero-order valence-corrected chi connectivity index (χ0v) is 17.8. The zero-order valence-electron chi connectivity index (χ0n) is 16.2. The average molecular weight is 467 g/mol. The molecule has 152 valence electrons. The van der Waals surface area contributed by atoms with Crippen molar-refractivity contribution in [3.05, 3.63) is 88.0 Å². The van der Waals surface area contributed by atoms with Crippen molar-refractivity contribution in [2.75, 3.05) is 7.11 Å². The third-order valence-corrected chi connectivity index (χ3v) is 5.48. The second-order valence-electron chi connectivity index (χ2n) is 6.89. The monoisotopic (exact) mass is 466 g/mol. The Morgan fingerprint density at radius 2 is 1.87 bits per heavy atom. The van der Waals surface area contributed by atoms with Crippen molar-refractivity contribution >= 4 is 27.8 Å². The molecule has 30 heavy (non-hydrogen) atoms. The quantitative estimate of drug-likeness (QED) is 0.533. The molecule has 0 bridgehead atoms. The number of carbonyl (C=O) groups excluding carboxylic acids is 2. The topological polar surface area (TPSA) is 68.7 Å². The van der Waals surface area contributed by atoms with Gasteiger partial charge in [-0.3, -0.25) is 4.79 Å². The highest BCUT2D eigenvalue weighted by molar-refractivity contribution is 9.10. The number of fused-ring (bicyclic) bond motifs is 1. The number of pyridine rings is 1. The number of nitrogens with zero attached hydrogens (tertiary/aromatic N) is 2. The van der Waals surface area contributed by atoms with Crippen molar-refractivity contribution in [3.63, 3.8) is 0 Å². The van der Waals surface area contributed by atoms with E-state index in [9.17, 15) is 9.59 Å². The molecule has 0 fully saturated rings. The molecule has 7 heteroatoms. The zero-order chi connectivity index (χ0) is 21.1. The summed E-state index contributed by atoms with van der Waals surface area (Å²) in [4.78, 5) is 31.3. The molecule has 1 aliphatic heterocycles. The van der Waals surface area contributed by atoms with E-state index in [1.807, 2.05) is 48.5 Å². The number of benzene rings is 2. The molecular formula is C23H19BrN2O4. The van der Waals surface area contributed by atoms with Gasteiger partial charge in [-0.15, -0.1) is 0 Å². The number of rotatable bonds is 4. The van der Waals surface area contributed by atoms with E-state index < -0.39 is 12.0 Å². The fraction of sp³-hybridized carbons (Fsp3) is 0.174. The molecule has 3 aromatic rings. The van der Waals surface area contributed by atoms with E-state index in [0.717, 1.165) is 15.6 Å². The van der Waals surface area contributed by atoms with Gasteiger partial charge in [-0.25, -0.2) is 9.78 Å². The smallest absolute Gasteiger partial charge is 0.328 e. The van der Waals surface area contributed by atoms with E-state index in [0.29, 0.717) is 30.2 Å². The van der Waals surface area contributed by atoms with Crippen molar-refractivity contribution < 1.29 is 19.1 Å². The molecule has 1 aromatic heterocycles. The second-order valence-corrected chi connectivity index (χ2v) is 7.81. The number of ether oxygens (including phenoxy) is 2. The van der Waals surface area contributed by atoms with Crippen LogP contribution < -0.4 is 4.74 Å². The normalized spacial score (nSPS) is 15.3. The first-order valence-electron chi connectivity index (χ1n) is 9.40. The third-order valence-electron chi connectivity index (χ3n) is 4.98. The number of aromatic nitrogens is 1. The minimum Gasteiger partial charge on any atom is -0.467 e. The van der Waals surface area contributed by atoms with Crippen LogP contribution >= 0.6 is 15.9 Å². The summed E-state index contributed by atoms with van der Waals surface area (Å²) in [6.07, 6.45) is 1.89. The lowest BCUT2D eigenvalue weighted by Gasteiger charge is -2.35. The van der Waals surface area contributed by atoms with Gasteiger partial charge in [0.05, 0.1) is 12.7 Å². The average Bonchev–Trinajstić information content (AvgIpc) is 2.77. The molecular weight excluding hydrogens is 448 g/mol. The van der Waals surface area contributed by atoms with E-state index in [2.05, 4.69) is 20.9 Å². The summed E-state index contributed by atoms with van der Waals surface area (Å²) < 4.78 is 11.6. The van der Waals surface area contributed by atoms with Crippen LogP contribution in [0.1, 0.15) is 21.5 Å². The fourth-order valence-electron chi connectivity index (χ4n) is 3.47. The van der Waals surface area contributed by atoms with Crippen LogP contribution in [0.5, 0.6) is 11.6 Å². The van der Waals surface area contributed by atoms with Gasteiger partial charge in [0.2, 0.25) is 5.88 Å². The Balaban J connectivity index is 1.55. The standard InChI is InChI=1S/C23H19BrN2O4/c1-29-23(28)20-11-15-5-2-3-6-17(15)14-26(20)22(27)16-9-10-21(25-13-16)30-19-8-4-7-18(24)12-19/h2-10,12-13,20H,11,14H2,1H3. The van der Waals surface area contributed by atoms with Gasteiger partial charge >= 0.3 is 5.97 Å². The van der Waals surface area contributed by atoms with E-state index >= 15 is 0 Å². The van der Waals surface area contributed by atoms with Gasteiger partial charge in [-0.1, -0.05) is 46.3 Å². The van der Waals surface area contributed by atoms with Gasteiger partial charge in [0.15, 0.2) is 0 Å². The second kappa shape index (κ2) is 8.67. The summed E-state index contributed by atoms with van der Waals surface area (Å²) in [6.45, 7) is 0.338. The summed E-state index contributed by atoms with van der Waals surface area (Å²) in [5.74, 6) is 0.300. The maximum atomic E-state index is 13.2. The minimum absolute atomic E-state index is 0.276. The first-order chi connectivity index (χ1) is 14.5. The molecule has 2 heterocycles. The number of amides is 1. The largest absolute Gasteiger partial charge is 0.467 e. The van der Waals surface area contributed by atoms with Gasteiger partial charge in [0.25, 0.3) is 5.91 Å². The van der Waals surface area contributed by atoms with E-state index in [-0.39, 0.29) is 5.91 Å². The number of carbonyl (C=O) groups is 2. The highest BCUT2D eigenvalue weighted by Gasteiger charge is 2.35. The first-order valence-corrected chi connectivity index (χ1v) is 10.2. The molecule has 0 aliphatic carbocycles. The summed E-state index contributed by atoms with van der Waals surface area (Å²) in [7, 11) is 1.33. The molecule has 6 nitrogen and oxygen atoms in total. The van der Waals surface area contributed by atoms with Crippen LogP contribution in [0.25, 0.3) is 0 Å². The number of methoxy groups -OCH3 is 1. The summed E-state index contributed by atoms with van der Waals surface area (Å²) in [5.41, 5.74) is 2.45. The lowest BCUT2D eigenvalue weighted by Crippen LogP contribution is -2.49. The van der Waals surface area contributed by atoms with Gasteiger partial charge in [-0.2, -0.15) is 0 Å². The number of hydrogen-bond donors (Lipinski definition) is 0. The Bertz CT molecular complexity index is 1080. The van der Waals surface area contributed by atoms with Crippen molar-refractivity contribution in [1.29, 1.82) is 0 Å². The van der Waals surface area contributed by atoms with Gasteiger partial charge in [0, 0.05) is 29.7 Å². The molecule has 1 amide bonds. The molecule has 0 N–H and O–H groups in total. The number of halogens is 1. The summed E-state index contributed by atoms with van der Waals surface area (Å²) in [5, 5.41) is 0. The van der Waals surface area contributed by atoms with Crippen molar-refractivity contribution in [1.82, 2.24) is 9.88 Å². The molecule has 2 aromatic carbocycles. The van der Waals surface area contributed by atoms with Crippen LogP contribution in [0.2, 0.25) is 0 Å². The highest BCUT2D eigenvalue weighted by atomic mass is 79.9. The van der Waals surface area contributed by atoms with E-state index in [1.54, 1.807) is 17.0 Å². The van der Waals surface area contributed by atoms with Crippen LogP contribution in [-0.2, 0) is 22.5 Å². The minimum atomic E-state index is -0.671. The lowest BCUT2D eigenvalue weighted by atomic mass is 9.93. The molecule has 1 atom stereocenters. The van der Waals surface area contributed by atoms with Crippen LogP contribution in [0.3, 0.4) is 0 Å². The van der Waals surface area contributed by atoms with Gasteiger partial charge in [0.1, 0.15) is 11.8 Å². The van der Waals surface area contributed by atoms with E-state index in [4.69, 9.17) is 9.47 Å². The SMILES string of the molecule is COC(=O)C1Cc2ccccc2CN1C(=O)c1ccc(Oc2cccc(Br)c2)nc1. The Kier molecular flexibility index (Phi) is 5.81. The van der Waals surface area contributed by atoms with Crippen LogP contribution in [0.4, 0.5) is 0 Å². The van der Waals surface area contributed by atoms with Crippen LogP contribution in [0, 0.1) is 0 Å². The fourth-order valence-corrected chi connectivity index (χ4v) is 3.85. The first kappa shape index (κ1) is 20.1. The molecule has 0 radical (unpaired) electrons. The molecule has 1 aliphatic rings. The molecule has 0 saturated carbocycles. The Hall–Kier alpha value is -3.19. The van der Waals surface area contributed by atoms with Crippen LogP contribution in [0.15, 0.2) is 71.3 Å². The van der Waals surface area contributed by atoms with Crippen molar-refractivity contribution in [3.8, 4) is 11.6 Å². The predicted molar refractivity (Wildman–Crippen MR) is 114 cm³/mol. The van der Waals surface area contributed by atoms with Gasteiger partial charge < -0.3 is 14.4 Å². The third kappa shape index (κ3) is 4.21. The number of esters is 1. The highest BCUT2D eigenvalue weighted by Crippen LogP contribution is 2.27. The summed E-state index contributed by atoms with van der Waals surface area (Å²) >= 11 is 3.40. The Morgan fingerprint density at radius 1 is 1.07 bits per heavy atom. The maximum absolute atomic E-state index is 13.2. The van der Waals surface area contributed by atoms with Gasteiger partial charge in [-0.05, 0) is 35.4 Å².